The van der Waals surface area contributed by atoms with Crippen LogP contribution < -0.4 is 5.73 Å². The fraction of sp³-hybridized carbons (Fsp3) is 0.300. The highest BCUT2D eigenvalue weighted by molar-refractivity contribution is 9.10. The Bertz CT molecular complexity index is 487. The summed E-state index contributed by atoms with van der Waals surface area (Å²) in [5.74, 6) is 2.38. The van der Waals surface area contributed by atoms with Gasteiger partial charge < -0.3 is 10.2 Å². The summed E-state index contributed by atoms with van der Waals surface area (Å²) in [6.45, 7) is 4.38. The largest absolute Gasteiger partial charge is 0.464 e. The van der Waals surface area contributed by atoms with Crippen molar-refractivity contribution >= 4 is 21.7 Å². The molecule has 0 aliphatic rings. The van der Waals surface area contributed by atoms with Gasteiger partial charge in [-0.15, -0.1) is 0 Å². The van der Waals surface area contributed by atoms with Crippen molar-refractivity contribution in [1.29, 1.82) is 0 Å². The minimum absolute atomic E-state index is 0.562. The maximum Gasteiger partial charge on any atom is 0.136 e. The third kappa shape index (κ3) is 1.92. The Kier molecular flexibility index (Phi) is 2.56. The Labute approximate surface area is 96.2 Å². The van der Waals surface area contributed by atoms with Crippen LogP contribution in [-0.2, 0) is 6.54 Å². The van der Waals surface area contributed by atoms with E-state index in [1.807, 2.05) is 26.0 Å². The van der Waals surface area contributed by atoms with Gasteiger partial charge in [-0.2, -0.15) is 5.10 Å². The molecular formula is C10H12BrN3O. The van der Waals surface area contributed by atoms with E-state index in [1.165, 1.54) is 0 Å². The van der Waals surface area contributed by atoms with Crippen LogP contribution >= 0.6 is 15.9 Å². The first-order valence-corrected chi connectivity index (χ1v) is 5.41. The van der Waals surface area contributed by atoms with E-state index in [0.717, 1.165) is 21.7 Å². The quantitative estimate of drug-likeness (QED) is 0.912. The topological polar surface area (TPSA) is 57.0 Å². The van der Waals surface area contributed by atoms with Crippen molar-refractivity contribution in [2.75, 3.05) is 5.73 Å². The third-order valence-electron chi connectivity index (χ3n) is 2.19. The van der Waals surface area contributed by atoms with Crippen molar-refractivity contribution in [2.45, 2.75) is 20.4 Å². The molecule has 0 amide bonds. The Morgan fingerprint density at radius 1 is 1.47 bits per heavy atom. The molecule has 0 aliphatic heterocycles. The molecule has 2 heterocycles. The standard InChI is InChI=1S/C10H12BrN3O/c1-6-3-4-8(15-6)5-14-10(12)9(11)7(2)13-14/h3-4H,5,12H2,1-2H3. The molecule has 0 saturated carbocycles. The molecule has 0 fully saturated rings. The zero-order valence-corrected chi connectivity index (χ0v) is 10.2. The van der Waals surface area contributed by atoms with E-state index in [0.29, 0.717) is 12.4 Å². The molecule has 0 radical (unpaired) electrons. The normalized spacial score (nSPS) is 10.9. The van der Waals surface area contributed by atoms with Crippen LogP contribution in [0, 0.1) is 13.8 Å². The van der Waals surface area contributed by atoms with Gasteiger partial charge in [0.2, 0.25) is 0 Å². The number of nitrogens with two attached hydrogens (primary N) is 1. The molecule has 15 heavy (non-hydrogen) atoms. The molecule has 0 aliphatic carbocycles. The maximum atomic E-state index is 5.87. The zero-order chi connectivity index (χ0) is 11.0. The number of nitrogen functional groups attached to an aromatic ring is 1. The lowest BCUT2D eigenvalue weighted by atomic mass is 10.4. The van der Waals surface area contributed by atoms with Crippen LogP contribution in [0.4, 0.5) is 5.82 Å². The fourth-order valence-corrected chi connectivity index (χ4v) is 1.70. The number of aryl methyl sites for hydroxylation is 2. The van der Waals surface area contributed by atoms with Crippen molar-refractivity contribution in [2.24, 2.45) is 0 Å². The van der Waals surface area contributed by atoms with E-state index in [1.54, 1.807) is 4.68 Å². The van der Waals surface area contributed by atoms with Crippen molar-refractivity contribution < 1.29 is 4.42 Å². The second-order valence-electron chi connectivity index (χ2n) is 3.45. The predicted octanol–water partition coefficient (Wildman–Crippen LogP) is 2.49. The smallest absolute Gasteiger partial charge is 0.136 e. The van der Waals surface area contributed by atoms with Gasteiger partial charge in [-0.05, 0) is 41.9 Å². The van der Waals surface area contributed by atoms with Crippen LogP contribution in [0.3, 0.4) is 0 Å². The Morgan fingerprint density at radius 2 is 2.20 bits per heavy atom. The van der Waals surface area contributed by atoms with Gasteiger partial charge in [-0.1, -0.05) is 0 Å². The third-order valence-corrected chi connectivity index (χ3v) is 3.17. The Hall–Kier alpha value is -1.23. The molecule has 2 N–H and O–H groups in total. The monoisotopic (exact) mass is 269 g/mol. The first-order chi connectivity index (χ1) is 7.08. The van der Waals surface area contributed by atoms with Crippen LogP contribution in [0.25, 0.3) is 0 Å². The molecule has 0 saturated heterocycles. The molecule has 0 spiro atoms. The van der Waals surface area contributed by atoms with Crippen LogP contribution in [0.15, 0.2) is 21.0 Å². The lowest BCUT2D eigenvalue weighted by Crippen LogP contribution is -2.05. The first-order valence-electron chi connectivity index (χ1n) is 4.61. The van der Waals surface area contributed by atoms with Gasteiger partial charge in [0.1, 0.15) is 23.9 Å². The summed E-state index contributed by atoms with van der Waals surface area (Å²) in [4.78, 5) is 0. The molecular weight excluding hydrogens is 258 g/mol. The maximum absolute atomic E-state index is 5.87. The fourth-order valence-electron chi connectivity index (χ4n) is 1.42. The highest BCUT2D eigenvalue weighted by Crippen LogP contribution is 2.23. The predicted molar refractivity (Wildman–Crippen MR) is 61.6 cm³/mol. The van der Waals surface area contributed by atoms with Gasteiger partial charge in [-0.25, -0.2) is 4.68 Å². The Morgan fingerprint density at radius 3 is 2.67 bits per heavy atom. The minimum Gasteiger partial charge on any atom is -0.464 e. The highest BCUT2D eigenvalue weighted by atomic mass is 79.9. The van der Waals surface area contributed by atoms with E-state index in [2.05, 4.69) is 21.0 Å². The lowest BCUT2D eigenvalue weighted by molar-refractivity contribution is 0.460. The average Bonchev–Trinajstić information content (AvgIpc) is 2.68. The second-order valence-corrected chi connectivity index (χ2v) is 4.25. The number of rotatable bonds is 2. The Balaban J connectivity index is 2.28. The summed E-state index contributed by atoms with van der Waals surface area (Å²) in [5.41, 5.74) is 6.75. The number of aromatic nitrogens is 2. The van der Waals surface area contributed by atoms with E-state index in [4.69, 9.17) is 10.2 Å². The molecule has 5 heteroatoms. The summed E-state index contributed by atoms with van der Waals surface area (Å²) >= 11 is 3.38. The number of furan rings is 1. The van der Waals surface area contributed by atoms with Crippen LogP contribution in [0.2, 0.25) is 0 Å². The molecule has 0 atom stereocenters. The number of hydrogen-bond acceptors (Lipinski definition) is 3. The molecule has 0 unspecified atom stereocenters. The van der Waals surface area contributed by atoms with Crippen LogP contribution in [0.5, 0.6) is 0 Å². The van der Waals surface area contributed by atoms with E-state index in [-0.39, 0.29) is 0 Å². The van der Waals surface area contributed by atoms with Crippen LogP contribution in [0.1, 0.15) is 17.2 Å². The molecule has 80 valence electrons. The number of anilines is 1. The summed E-state index contributed by atoms with van der Waals surface area (Å²) in [5, 5.41) is 4.30. The zero-order valence-electron chi connectivity index (χ0n) is 8.62. The number of nitrogens with zero attached hydrogens (tertiary/aromatic N) is 2. The number of halogens is 1. The molecule has 2 rings (SSSR count). The summed E-state index contributed by atoms with van der Waals surface area (Å²) in [6.07, 6.45) is 0. The van der Waals surface area contributed by atoms with Crippen LogP contribution in [-0.4, -0.2) is 9.78 Å². The second kappa shape index (κ2) is 3.73. The van der Waals surface area contributed by atoms with Gasteiger partial charge in [0.05, 0.1) is 10.2 Å². The highest BCUT2D eigenvalue weighted by Gasteiger charge is 2.10. The van der Waals surface area contributed by atoms with Crippen molar-refractivity contribution in [1.82, 2.24) is 9.78 Å². The van der Waals surface area contributed by atoms with Gasteiger partial charge >= 0.3 is 0 Å². The SMILES string of the molecule is Cc1ccc(Cn2nc(C)c(Br)c2N)o1. The van der Waals surface area contributed by atoms with Gasteiger partial charge in [0.25, 0.3) is 0 Å². The van der Waals surface area contributed by atoms with E-state index >= 15 is 0 Å². The minimum atomic E-state index is 0.562. The van der Waals surface area contributed by atoms with Crippen molar-refractivity contribution in [3.8, 4) is 0 Å². The van der Waals surface area contributed by atoms with Gasteiger partial charge in [0, 0.05) is 0 Å². The van der Waals surface area contributed by atoms with E-state index < -0.39 is 0 Å². The van der Waals surface area contributed by atoms with Crippen molar-refractivity contribution in [3.63, 3.8) is 0 Å². The van der Waals surface area contributed by atoms with Gasteiger partial charge in [-0.3, -0.25) is 0 Å². The summed E-state index contributed by atoms with van der Waals surface area (Å²) in [7, 11) is 0. The van der Waals surface area contributed by atoms with E-state index in [9.17, 15) is 0 Å². The summed E-state index contributed by atoms with van der Waals surface area (Å²) < 4.78 is 8.03. The van der Waals surface area contributed by atoms with Crippen molar-refractivity contribution in [3.05, 3.63) is 33.8 Å². The molecule has 0 aromatic carbocycles. The average molecular weight is 270 g/mol. The lowest BCUT2D eigenvalue weighted by Gasteiger charge is -2.00. The number of hydrogen-bond donors (Lipinski definition) is 1. The van der Waals surface area contributed by atoms with Gasteiger partial charge in [0.15, 0.2) is 0 Å². The first kappa shape index (κ1) is 10.3. The molecule has 4 nitrogen and oxygen atoms in total. The summed E-state index contributed by atoms with van der Waals surface area (Å²) in [6, 6.07) is 3.86. The molecule has 2 aromatic rings. The molecule has 0 bridgehead atoms. The molecule has 2 aromatic heterocycles.